The van der Waals surface area contributed by atoms with Crippen molar-refractivity contribution in [1.29, 1.82) is 0 Å². The number of rotatable bonds is 7. The molecule has 2 N–H and O–H groups in total. The molecular formula is C15H25N3O3S. The molecule has 0 spiro atoms. The van der Waals surface area contributed by atoms with Crippen molar-refractivity contribution < 1.29 is 14.6 Å². The molecule has 0 radical (unpaired) electrons. The van der Waals surface area contributed by atoms with Gasteiger partial charge in [0, 0.05) is 44.1 Å². The van der Waals surface area contributed by atoms with E-state index in [1.807, 2.05) is 29.3 Å². The summed E-state index contributed by atoms with van der Waals surface area (Å²) >= 11 is 1.66. The summed E-state index contributed by atoms with van der Waals surface area (Å²) in [5.74, 6) is 0. The molecule has 1 saturated heterocycles. The molecule has 6 nitrogen and oxygen atoms in total. The highest BCUT2D eigenvalue weighted by Gasteiger charge is 2.22. The van der Waals surface area contributed by atoms with E-state index < -0.39 is 6.10 Å². The van der Waals surface area contributed by atoms with Crippen molar-refractivity contribution in [2.45, 2.75) is 19.6 Å². The van der Waals surface area contributed by atoms with Crippen LogP contribution in [0.25, 0.3) is 0 Å². The number of urea groups is 1. The van der Waals surface area contributed by atoms with Crippen molar-refractivity contribution in [2.75, 3.05) is 45.9 Å². The Morgan fingerprint density at radius 3 is 2.86 bits per heavy atom. The lowest BCUT2D eigenvalue weighted by atomic mass is 10.2. The fourth-order valence-corrected chi connectivity index (χ4v) is 3.08. The lowest BCUT2D eigenvalue weighted by molar-refractivity contribution is 0.00442. The third-order valence-corrected chi connectivity index (χ3v) is 4.44. The summed E-state index contributed by atoms with van der Waals surface area (Å²) in [7, 11) is 0. The molecule has 22 heavy (non-hydrogen) atoms. The van der Waals surface area contributed by atoms with Gasteiger partial charge in [0.1, 0.15) is 0 Å². The highest BCUT2D eigenvalue weighted by atomic mass is 32.1. The second-order valence-corrected chi connectivity index (χ2v) is 6.40. The Morgan fingerprint density at radius 1 is 1.45 bits per heavy atom. The zero-order valence-corrected chi connectivity index (χ0v) is 13.8. The average Bonchev–Trinajstić information content (AvgIpc) is 3.01. The summed E-state index contributed by atoms with van der Waals surface area (Å²) in [6, 6.07) is 4.02. The Kier molecular flexibility index (Phi) is 7.11. The predicted molar refractivity (Wildman–Crippen MR) is 87.1 cm³/mol. The van der Waals surface area contributed by atoms with E-state index in [1.165, 1.54) is 4.88 Å². The molecule has 0 bridgehead atoms. The smallest absolute Gasteiger partial charge is 0.317 e. The fraction of sp³-hybridized carbons (Fsp3) is 0.667. The van der Waals surface area contributed by atoms with Gasteiger partial charge in [-0.3, -0.25) is 4.90 Å². The number of piperazine rings is 1. The van der Waals surface area contributed by atoms with Crippen LogP contribution in [0.5, 0.6) is 0 Å². The van der Waals surface area contributed by atoms with Gasteiger partial charge in [0.25, 0.3) is 0 Å². The van der Waals surface area contributed by atoms with Gasteiger partial charge >= 0.3 is 6.03 Å². The molecule has 0 unspecified atom stereocenters. The number of aliphatic hydroxyl groups excluding tert-OH is 1. The van der Waals surface area contributed by atoms with Gasteiger partial charge in [-0.05, 0) is 18.4 Å². The molecule has 1 aromatic heterocycles. The van der Waals surface area contributed by atoms with Crippen LogP contribution in [0.4, 0.5) is 4.79 Å². The molecule has 124 valence electrons. The van der Waals surface area contributed by atoms with E-state index in [4.69, 9.17) is 4.74 Å². The fourth-order valence-electron chi connectivity index (χ4n) is 2.44. The normalized spacial score (nSPS) is 17.5. The lowest BCUT2D eigenvalue weighted by Crippen LogP contribution is -2.53. The van der Waals surface area contributed by atoms with Gasteiger partial charge in [0.15, 0.2) is 0 Å². The summed E-state index contributed by atoms with van der Waals surface area (Å²) in [6.45, 7) is 7.04. The van der Waals surface area contributed by atoms with Gasteiger partial charge in [0.2, 0.25) is 0 Å². The van der Waals surface area contributed by atoms with Gasteiger partial charge in [-0.2, -0.15) is 0 Å². The van der Waals surface area contributed by atoms with Crippen LogP contribution < -0.4 is 5.32 Å². The zero-order valence-electron chi connectivity index (χ0n) is 13.0. The van der Waals surface area contributed by atoms with Crippen molar-refractivity contribution in [3.8, 4) is 0 Å². The number of nitrogens with zero attached hydrogens (tertiary/aromatic N) is 2. The highest BCUT2D eigenvalue weighted by molar-refractivity contribution is 7.09. The van der Waals surface area contributed by atoms with Crippen LogP contribution in [0.15, 0.2) is 17.5 Å². The van der Waals surface area contributed by atoms with Crippen molar-refractivity contribution in [3.63, 3.8) is 0 Å². The van der Waals surface area contributed by atoms with Crippen LogP contribution in [0.1, 0.15) is 11.8 Å². The first-order chi connectivity index (χ1) is 10.7. The minimum Gasteiger partial charge on any atom is -0.389 e. The van der Waals surface area contributed by atoms with E-state index in [-0.39, 0.29) is 6.03 Å². The number of nitrogens with one attached hydrogen (secondary N) is 1. The number of aliphatic hydroxyl groups is 1. The molecule has 1 aromatic rings. The van der Waals surface area contributed by atoms with E-state index in [0.29, 0.717) is 39.4 Å². The first-order valence-electron chi connectivity index (χ1n) is 7.72. The molecule has 0 saturated carbocycles. The Hall–Kier alpha value is -1.15. The molecule has 1 aliphatic heterocycles. The quantitative estimate of drug-likeness (QED) is 0.783. The van der Waals surface area contributed by atoms with Crippen molar-refractivity contribution in [2.24, 2.45) is 0 Å². The molecule has 2 rings (SSSR count). The number of β-amino-alcohol motifs (C(OH)–C–C–N with tert-alkyl or cyclic N) is 1. The molecular weight excluding hydrogens is 302 g/mol. The molecule has 2 amide bonds. The van der Waals surface area contributed by atoms with Crippen molar-refractivity contribution >= 4 is 17.4 Å². The molecule has 1 aliphatic rings. The second-order valence-electron chi connectivity index (χ2n) is 5.37. The predicted octanol–water partition coefficient (Wildman–Crippen LogP) is 0.973. The summed E-state index contributed by atoms with van der Waals surface area (Å²) in [6.07, 6.45) is -0.490. The Balaban J connectivity index is 1.60. The summed E-state index contributed by atoms with van der Waals surface area (Å²) in [5.41, 5.74) is 0. The van der Waals surface area contributed by atoms with Crippen LogP contribution in [0.3, 0.4) is 0 Å². The minimum atomic E-state index is -0.490. The van der Waals surface area contributed by atoms with Crippen LogP contribution in [-0.2, 0) is 11.3 Å². The lowest BCUT2D eigenvalue weighted by Gasteiger charge is -2.35. The van der Waals surface area contributed by atoms with Gasteiger partial charge in [-0.25, -0.2) is 4.79 Å². The zero-order chi connectivity index (χ0) is 15.8. The molecule has 0 aliphatic carbocycles. The van der Waals surface area contributed by atoms with Crippen LogP contribution in [0, 0.1) is 0 Å². The third kappa shape index (κ3) is 5.57. The molecule has 2 heterocycles. The number of hydrogen-bond acceptors (Lipinski definition) is 5. The van der Waals surface area contributed by atoms with Crippen molar-refractivity contribution in [3.05, 3.63) is 22.4 Å². The van der Waals surface area contributed by atoms with E-state index in [2.05, 4.69) is 10.2 Å². The minimum absolute atomic E-state index is 0.00183. The monoisotopic (exact) mass is 327 g/mol. The van der Waals surface area contributed by atoms with Gasteiger partial charge in [-0.1, -0.05) is 6.07 Å². The maximum atomic E-state index is 11.7. The third-order valence-electron chi connectivity index (χ3n) is 3.59. The first kappa shape index (κ1) is 17.2. The SMILES string of the molecule is CCNC(=O)N1CCN(C[C@@H](O)COCc2cccs2)CC1. The van der Waals surface area contributed by atoms with Gasteiger partial charge < -0.3 is 20.1 Å². The summed E-state index contributed by atoms with van der Waals surface area (Å²) < 4.78 is 5.53. The Labute approximate surface area is 135 Å². The van der Waals surface area contributed by atoms with E-state index in [1.54, 1.807) is 11.3 Å². The van der Waals surface area contributed by atoms with Crippen molar-refractivity contribution in [1.82, 2.24) is 15.1 Å². The van der Waals surface area contributed by atoms with Gasteiger partial charge in [0.05, 0.1) is 19.3 Å². The molecule has 1 fully saturated rings. The molecule has 0 aromatic carbocycles. The topological polar surface area (TPSA) is 65.0 Å². The maximum Gasteiger partial charge on any atom is 0.317 e. The number of carbonyl (C=O) groups excluding carboxylic acids is 1. The van der Waals surface area contributed by atoms with Crippen LogP contribution >= 0.6 is 11.3 Å². The van der Waals surface area contributed by atoms with Crippen LogP contribution in [-0.4, -0.2) is 72.9 Å². The molecule has 7 heteroatoms. The number of amides is 2. The largest absolute Gasteiger partial charge is 0.389 e. The maximum absolute atomic E-state index is 11.7. The highest BCUT2D eigenvalue weighted by Crippen LogP contribution is 2.10. The second kappa shape index (κ2) is 9.09. The number of ether oxygens (including phenoxy) is 1. The average molecular weight is 327 g/mol. The van der Waals surface area contributed by atoms with E-state index >= 15 is 0 Å². The number of thiophene rings is 1. The van der Waals surface area contributed by atoms with Crippen LogP contribution in [0.2, 0.25) is 0 Å². The molecule has 1 atom stereocenters. The summed E-state index contributed by atoms with van der Waals surface area (Å²) in [5, 5.41) is 14.9. The first-order valence-corrected chi connectivity index (χ1v) is 8.60. The standard InChI is InChI=1S/C15H25N3O3S/c1-2-16-15(20)18-7-5-17(6-8-18)10-13(19)11-21-12-14-4-3-9-22-14/h3-4,9,13,19H,2,5-8,10-12H2,1H3,(H,16,20)/t13-/m1/s1. The van der Waals surface area contributed by atoms with E-state index in [0.717, 1.165) is 13.1 Å². The van der Waals surface area contributed by atoms with E-state index in [9.17, 15) is 9.90 Å². The summed E-state index contributed by atoms with van der Waals surface area (Å²) in [4.78, 5) is 16.9. The van der Waals surface area contributed by atoms with Gasteiger partial charge in [-0.15, -0.1) is 11.3 Å². The Morgan fingerprint density at radius 2 is 2.23 bits per heavy atom. The number of hydrogen-bond donors (Lipinski definition) is 2. The number of carbonyl (C=O) groups is 1. The Bertz CT molecular complexity index is 433.